The van der Waals surface area contributed by atoms with Crippen LogP contribution in [-0.4, -0.2) is 11.0 Å². The molecule has 1 aliphatic heterocycles. The molecule has 3 rings (SSSR count). The van der Waals surface area contributed by atoms with Crippen molar-refractivity contribution < 1.29 is 5.11 Å². The molecule has 0 saturated carbocycles. The lowest BCUT2D eigenvalue weighted by atomic mass is 10.1. The second-order valence-electron chi connectivity index (χ2n) is 5.27. The van der Waals surface area contributed by atoms with Gasteiger partial charge < -0.3 is 10.0 Å². The number of aromatic hydroxyl groups is 1. The third kappa shape index (κ3) is 3.04. The molecule has 112 valence electrons. The fraction of sp³-hybridized carbons (Fsp3) is 0.158. The van der Waals surface area contributed by atoms with Crippen molar-refractivity contribution in [3.05, 3.63) is 76.8 Å². The van der Waals surface area contributed by atoms with E-state index in [9.17, 15) is 5.11 Å². The number of hydrogen-bond donors (Lipinski definition) is 1. The van der Waals surface area contributed by atoms with Gasteiger partial charge in [-0.1, -0.05) is 37.8 Å². The second-order valence-corrected chi connectivity index (χ2v) is 6.25. The summed E-state index contributed by atoms with van der Waals surface area (Å²) in [4.78, 5) is 3.40. The molecule has 1 aliphatic rings. The predicted octanol–water partition coefficient (Wildman–Crippen LogP) is 5.02. The summed E-state index contributed by atoms with van der Waals surface area (Å²) in [6, 6.07) is 15.9. The van der Waals surface area contributed by atoms with E-state index in [-0.39, 0.29) is 5.75 Å². The molecular formula is C19H19NOS. The Balaban J connectivity index is 1.80. The van der Waals surface area contributed by atoms with Crippen molar-refractivity contribution >= 4 is 23.5 Å². The molecule has 2 aromatic carbocycles. The van der Waals surface area contributed by atoms with Crippen LogP contribution in [0.3, 0.4) is 0 Å². The molecule has 0 aromatic heterocycles. The van der Waals surface area contributed by atoms with Gasteiger partial charge in [-0.15, -0.1) is 11.8 Å². The minimum atomic E-state index is 0.290. The van der Waals surface area contributed by atoms with Gasteiger partial charge in [0.2, 0.25) is 0 Å². The van der Waals surface area contributed by atoms with Crippen molar-refractivity contribution in [1.29, 1.82) is 0 Å². The molecule has 1 heterocycles. The molecule has 2 nitrogen and oxygen atoms in total. The topological polar surface area (TPSA) is 23.5 Å². The summed E-state index contributed by atoms with van der Waals surface area (Å²) in [6.45, 7) is 6.40. The Bertz CT molecular complexity index is 701. The predicted molar refractivity (Wildman–Crippen MR) is 96.0 cm³/mol. The van der Waals surface area contributed by atoms with Gasteiger partial charge in [0.25, 0.3) is 0 Å². The summed E-state index contributed by atoms with van der Waals surface area (Å²) in [5, 5.41) is 9.35. The largest absolute Gasteiger partial charge is 0.508 e. The first-order valence-electron chi connectivity index (χ1n) is 7.36. The molecule has 0 aliphatic carbocycles. The fourth-order valence-corrected chi connectivity index (χ4v) is 3.49. The fourth-order valence-electron chi connectivity index (χ4n) is 2.42. The van der Waals surface area contributed by atoms with Crippen molar-refractivity contribution in [3.63, 3.8) is 0 Å². The lowest BCUT2D eigenvalue weighted by Crippen LogP contribution is -2.14. The third-order valence-electron chi connectivity index (χ3n) is 3.81. The smallest absolute Gasteiger partial charge is 0.115 e. The molecule has 2 aromatic rings. The van der Waals surface area contributed by atoms with Crippen LogP contribution in [0, 0.1) is 0 Å². The summed E-state index contributed by atoms with van der Waals surface area (Å²) in [7, 11) is 0. The molecule has 1 fully saturated rings. The Morgan fingerprint density at radius 3 is 2.45 bits per heavy atom. The number of benzene rings is 2. The third-order valence-corrected chi connectivity index (χ3v) is 4.86. The summed E-state index contributed by atoms with van der Waals surface area (Å²) in [5.41, 5.74) is 4.64. The van der Waals surface area contributed by atoms with Gasteiger partial charge in [0.1, 0.15) is 5.75 Å². The van der Waals surface area contributed by atoms with Crippen LogP contribution in [0.5, 0.6) is 5.75 Å². The molecule has 0 radical (unpaired) electrons. The van der Waals surface area contributed by atoms with Crippen LogP contribution in [0.2, 0.25) is 0 Å². The van der Waals surface area contributed by atoms with Gasteiger partial charge in [-0.25, -0.2) is 0 Å². The SMILES string of the molecule is C=C1/C(=C/c2ccc(O)cc2)SCN1c1ccc(CC)cc1. The number of hydrogen-bond acceptors (Lipinski definition) is 3. The Morgan fingerprint density at radius 2 is 1.82 bits per heavy atom. The molecule has 0 amide bonds. The van der Waals surface area contributed by atoms with Crippen molar-refractivity contribution in [3.8, 4) is 5.75 Å². The molecular weight excluding hydrogens is 290 g/mol. The molecule has 1 N–H and O–H groups in total. The zero-order chi connectivity index (χ0) is 15.5. The van der Waals surface area contributed by atoms with Gasteiger partial charge in [-0.05, 0) is 47.9 Å². The van der Waals surface area contributed by atoms with Crippen LogP contribution in [-0.2, 0) is 6.42 Å². The highest BCUT2D eigenvalue weighted by Gasteiger charge is 2.22. The molecule has 0 bridgehead atoms. The van der Waals surface area contributed by atoms with Crippen molar-refractivity contribution in [1.82, 2.24) is 0 Å². The number of anilines is 1. The molecule has 3 heteroatoms. The first kappa shape index (κ1) is 14.8. The van der Waals surface area contributed by atoms with E-state index in [1.165, 1.54) is 16.2 Å². The Labute approximate surface area is 135 Å². The van der Waals surface area contributed by atoms with Gasteiger partial charge in [0, 0.05) is 16.3 Å². The molecule has 0 atom stereocenters. The maximum absolute atomic E-state index is 9.35. The van der Waals surface area contributed by atoms with Crippen LogP contribution >= 0.6 is 11.8 Å². The van der Waals surface area contributed by atoms with Crippen molar-refractivity contribution in [2.45, 2.75) is 13.3 Å². The van der Waals surface area contributed by atoms with Crippen LogP contribution in [0.15, 0.2) is 65.7 Å². The van der Waals surface area contributed by atoms with Crippen LogP contribution in [0.4, 0.5) is 5.69 Å². The number of aryl methyl sites for hydroxylation is 1. The highest BCUT2D eigenvalue weighted by Crippen LogP contribution is 2.39. The van der Waals surface area contributed by atoms with E-state index in [0.29, 0.717) is 0 Å². The van der Waals surface area contributed by atoms with E-state index in [4.69, 9.17) is 0 Å². The molecule has 22 heavy (non-hydrogen) atoms. The Kier molecular flexibility index (Phi) is 4.25. The normalized spacial score (nSPS) is 16.5. The van der Waals surface area contributed by atoms with E-state index in [1.807, 2.05) is 12.1 Å². The number of phenols is 1. The molecule has 0 unspecified atom stereocenters. The Morgan fingerprint density at radius 1 is 1.14 bits per heavy atom. The van der Waals surface area contributed by atoms with Crippen molar-refractivity contribution in [2.75, 3.05) is 10.8 Å². The van der Waals surface area contributed by atoms with Gasteiger partial charge in [-0.2, -0.15) is 0 Å². The first-order chi connectivity index (χ1) is 10.7. The monoisotopic (exact) mass is 309 g/mol. The van der Waals surface area contributed by atoms with E-state index in [2.05, 4.69) is 48.7 Å². The van der Waals surface area contributed by atoms with Gasteiger partial charge in [-0.3, -0.25) is 0 Å². The van der Waals surface area contributed by atoms with Crippen LogP contribution in [0.1, 0.15) is 18.1 Å². The maximum Gasteiger partial charge on any atom is 0.115 e. The highest BCUT2D eigenvalue weighted by molar-refractivity contribution is 8.04. The summed E-state index contributed by atoms with van der Waals surface area (Å²) in [6.07, 6.45) is 3.18. The minimum Gasteiger partial charge on any atom is -0.508 e. The number of rotatable bonds is 3. The van der Waals surface area contributed by atoms with E-state index in [1.54, 1.807) is 23.9 Å². The molecule has 0 spiro atoms. The van der Waals surface area contributed by atoms with E-state index in [0.717, 1.165) is 23.6 Å². The second kappa shape index (κ2) is 6.32. The standard InChI is InChI=1S/C19H19NOS/c1-3-15-4-8-17(9-5-15)20-13-22-19(14(20)2)12-16-6-10-18(21)11-7-16/h4-12,21H,2-3,13H2,1H3/b19-12-. The first-order valence-corrected chi connectivity index (χ1v) is 8.35. The van der Waals surface area contributed by atoms with E-state index >= 15 is 0 Å². The highest BCUT2D eigenvalue weighted by atomic mass is 32.2. The lowest BCUT2D eigenvalue weighted by molar-refractivity contribution is 0.475. The van der Waals surface area contributed by atoms with E-state index < -0.39 is 0 Å². The average molecular weight is 309 g/mol. The van der Waals surface area contributed by atoms with Gasteiger partial charge >= 0.3 is 0 Å². The summed E-state index contributed by atoms with van der Waals surface area (Å²) >= 11 is 1.79. The average Bonchev–Trinajstić information content (AvgIpc) is 2.91. The Hall–Kier alpha value is -2.13. The molecule has 1 saturated heterocycles. The summed E-state index contributed by atoms with van der Waals surface area (Å²) in [5.74, 6) is 1.17. The number of nitrogens with zero attached hydrogens (tertiary/aromatic N) is 1. The zero-order valence-electron chi connectivity index (χ0n) is 12.6. The van der Waals surface area contributed by atoms with Crippen LogP contribution in [0.25, 0.3) is 6.08 Å². The van der Waals surface area contributed by atoms with Gasteiger partial charge in [0.05, 0.1) is 5.88 Å². The lowest BCUT2D eigenvalue weighted by Gasteiger charge is -2.18. The zero-order valence-corrected chi connectivity index (χ0v) is 13.4. The van der Waals surface area contributed by atoms with Crippen molar-refractivity contribution in [2.24, 2.45) is 0 Å². The summed E-state index contributed by atoms with van der Waals surface area (Å²) < 4.78 is 0. The minimum absolute atomic E-state index is 0.290. The van der Waals surface area contributed by atoms with Gasteiger partial charge in [0.15, 0.2) is 0 Å². The quantitative estimate of drug-likeness (QED) is 0.861. The number of phenolic OH excluding ortho intramolecular Hbond substituents is 1. The number of thioether (sulfide) groups is 1. The maximum atomic E-state index is 9.35. The van der Waals surface area contributed by atoms with Crippen LogP contribution < -0.4 is 4.90 Å².